The Morgan fingerprint density at radius 3 is 2.46 bits per heavy atom. The Morgan fingerprint density at radius 1 is 1.05 bits per heavy atom. The first kappa shape index (κ1) is 29.1. The predicted octanol–water partition coefficient (Wildman–Crippen LogP) is 7.85. The number of aryl methyl sites for hydroxylation is 1. The van der Waals surface area contributed by atoms with E-state index >= 15 is 0 Å². The number of hydrogen-bond donors (Lipinski definition) is 1. The summed E-state index contributed by atoms with van der Waals surface area (Å²) >= 11 is 15.6. The molecule has 0 saturated heterocycles. The molecule has 1 aliphatic rings. The van der Waals surface area contributed by atoms with Crippen LogP contribution in [0.15, 0.2) is 53.0 Å². The van der Waals surface area contributed by atoms with Gasteiger partial charge in [0.2, 0.25) is 5.91 Å². The summed E-state index contributed by atoms with van der Waals surface area (Å²) in [7, 11) is 1.56. The molecule has 0 radical (unpaired) electrons. The Balaban J connectivity index is 1.58. The Hall–Kier alpha value is -2.94. The van der Waals surface area contributed by atoms with Gasteiger partial charge in [0.1, 0.15) is 28.9 Å². The molecule has 4 rings (SSSR count). The van der Waals surface area contributed by atoms with Crippen molar-refractivity contribution in [1.82, 2.24) is 5.32 Å². The summed E-state index contributed by atoms with van der Waals surface area (Å²) in [5.74, 6) is 1.31. The molecule has 3 aromatic rings. The molecule has 0 fully saturated rings. The minimum absolute atomic E-state index is 0.167. The summed E-state index contributed by atoms with van der Waals surface area (Å²) in [4.78, 5) is 28.3. The lowest BCUT2D eigenvalue weighted by molar-refractivity contribution is -0.122. The fourth-order valence-corrected chi connectivity index (χ4v) is 4.93. The molecular formula is C29H29BrCl2N2O5. The number of amides is 2. The van der Waals surface area contributed by atoms with Gasteiger partial charge in [-0.05, 0) is 69.2 Å². The molecule has 1 atom stereocenters. The number of carbonyl (C=O) groups excluding carboxylic acids is 2. The van der Waals surface area contributed by atoms with Gasteiger partial charge in [0, 0.05) is 35.1 Å². The zero-order chi connectivity index (χ0) is 28.5. The van der Waals surface area contributed by atoms with E-state index in [4.69, 9.17) is 37.4 Å². The average Bonchev–Trinajstić information content (AvgIpc) is 3.25. The number of benzene rings is 3. The normalized spacial score (nSPS) is 14.6. The average molecular weight is 636 g/mol. The van der Waals surface area contributed by atoms with E-state index in [1.807, 2.05) is 25.1 Å². The molecule has 39 heavy (non-hydrogen) atoms. The summed E-state index contributed by atoms with van der Waals surface area (Å²) in [6, 6.07) is 13.4. The van der Waals surface area contributed by atoms with Crippen LogP contribution < -0.4 is 19.7 Å². The van der Waals surface area contributed by atoms with Gasteiger partial charge in [-0.25, -0.2) is 4.79 Å². The molecule has 0 aliphatic carbocycles. The van der Waals surface area contributed by atoms with E-state index in [0.717, 1.165) is 21.2 Å². The van der Waals surface area contributed by atoms with Crippen molar-refractivity contribution >= 4 is 56.8 Å². The first-order valence-electron chi connectivity index (χ1n) is 12.2. The van der Waals surface area contributed by atoms with Crippen molar-refractivity contribution in [1.29, 1.82) is 0 Å². The lowest BCUT2D eigenvalue weighted by atomic mass is 10.0. The second-order valence-electron chi connectivity index (χ2n) is 10.2. The first-order valence-corrected chi connectivity index (χ1v) is 13.8. The summed E-state index contributed by atoms with van der Waals surface area (Å²) in [5, 5.41) is 3.77. The smallest absolute Gasteiger partial charge is 0.415 e. The fourth-order valence-electron chi connectivity index (χ4n) is 4.30. The Kier molecular flexibility index (Phi) is 8.69. The van der Waals surface area contributed by atoms with Crippen molar-refractivity contribution in [3.05, 3.63) is 79.7 Å². The molecule has 1 unspecified atom stereocenters. The molecule has 0 bridgehead atoms. The third kappa shape index (κ3) is 6.80. The van der Waals surface area contributed by atoms with Crippen LogP contribution in [0.2, 0.25) is 10.0 Å². The maximum absolute atomic E-state index is 13.6. The van der Waals surface area contributed by atoms with E-state index in [2.05, 4.69) is 21.2 Å². The SMILES string of the molecule is COc1cc(C)c2c(c1)N(C(=O)OC(C)(C)C)C(C(=O)NCc1ccc(Br)cc1Oc1ccc(Cl)c(Cl)c1)C2. The molecule has 1 aliphatic heterocycles. The molecule has 7 nitrogen and oxygen atoms in total. The van der Waals surface area contributed by atoms with Crippen molar-refractivity contribution < 1.29 is 23.8 Å². The van der Waals surface area contributed by atoms with Gasteiger partial charge in [0.25, 0.3) is 0 Å². The fraction of sp³-hybridized carbons (Fsp3) is 0.310. The van der Waals surface area contributed by atoms with Crippen LogP contribution in [-0.4, -0.2) is 30.8 Å². The van der Waals surface area contributed by atoms with Gasteiger partial charge in [-0.1, -0.05) is 45.2 Å². The summed E-state index contributed by atoms with van der Waals surface area (Å²) in [6.45, 7) is 7.47. The van der Waals surface area contributed by atoms with Crippen LogP contribution in [-0.2, 0) is 22.5 Å². The molecular weight excluding hydrogens is 607 g/mol. The van der Waals surface area contributed by atoms with E-state index in [-0.39, 0.29) is 12.5 Å². The third-order valence-electron chi connectivity index (χ3n) is 6.12. The highest BCUT2D eigenvalue weighted by Crippen LogP contribution is 2.39. The highest BCUT2D eigenvalue weighted by atomic mass is 79.9. The molecule has 2 amide bonds. The van der Waals surface area contributed by atoms with E-state index in [1.54, 1.807) is 58.2 Å². The first-order chi connectivity index (χ1) is 18.4. The highest BCUT2D eigenvalue weighted by Gasteiger charge is 2.41. The second kappa shape index (κ2) is 11.7. The summed E-state index contributed by atoms with van der Waals surface area (Å²) in [5.41, 5.74) is 2.43. The molecule has 0 spiro atoms. The van der Waals surface area contributed by atoms with E-state index < -0.39 is 17.7 Å². The van der Waals surface area contributed by atoms with Gasteiger partial charge in [-0.15, -0.1) is 0 Å². The topological polar surface area (TPSA) is 77.1 Å². The predicted molar refractivity (Wildman–Crippen MR) is 156 cm³/mol. The van der Waals surface area contributed by atoms with Crippen LogP contribution >= 0.6 is 39.1 Å². The monoisotopic (exact) mass is 634 g/mol. The maximum atomic E-state index is 13.6. The number of anilines is 1. The van der Waals surface area contributed by atoms with Crippen molar-refractivity contribution in [3.8, 4) is 17.2 Å². The van der Waals surface area contributed by atoms with Crippen LogP contribution in [0.4, 0.5) is 10.5 Å². The largest absolute Gasteiger partial charge is 0.497 e. The Morgan fingerprint density at radius 2 is 1.79 bits per heavy atom. The van der Waals surface area contributed by atoms with Crippen LogP contribution in [0.1, 0.15) is 37.5 Å². The summed E-state index contributed by atoms with van der Waals surface area (Å²) in [6.07, 6.45) is -0.246. The minimum Gasteiger partial charge on any atom is -0.497 e. The number of nitrogens with zero attached hydrogens (tertiary/aromatic N) is 1. The zero-order valence-corrected chi connectivity index (χ0v) is 25.3. The number of ether oxygens (including phenoxy) is 3. The number of methoxy groups -OCH3 is 1. The lowest BCUT2D eigenvalue weighted by Crippen LogP contribution is -2.49. The zero-order valence-electron chi connectivity index (χ0n) is 22.2. The van der Waals surface area contributed by atoms with Gasteiger partial charge in [0.05, 0.1) is 22.8 Å². The standard InChI is InChI=1S/C29H29BrCl2N2O5/c1-16-10-20(37-5)13-24-21(16)14-25(34(24)28(36)39-29(2,3)4)27(35)33-15-17-6-7-18(30)11-26(17)38-19-8-9-22(31)23(32)12-19/h6-13,25H,14-15H2,1-5H3,(H,33,35). The number of fused-ring (bicyclic) bond motifs is 1. The molecule has 1 heterocycles. The van der Waals surface area contributed by atoms with E-state index in [1.165, 1.54) is 4.90 Å². The lowest BCUT2D eigenvalue weighted by Gasteiger charge is -2.28. The highest BCUT2D eigenvalue weighted by molar-refractivity contribution is 9.10. The van der Waals surface area contributed by atoms with Gasteiger partial charge in [-0.3, -0.25) is 9.69 Å². The molecule has 1 N–H and O–H groups in total. The van der Waals surface area contributed by atoms with Crippen LogP contribution in [0, 0.1) is 6.92 Å². The molecule has 10 heteroatoms. The molecule has 206 valence electrons. The summed E-state index contributed by atoms with van der Waals surface area (Å²) < 4.78 is 18.0. The van der Waals surface area contributed by atoms with Crippen molar-refractivity contribution in [2.45, 2.75) is 52.3 Å². The number of carbonyl (C=O) groups is 2. The van der Waals surface area contributed by atoms with Gasteiger partial charge < -0.3 is 19.5 Å². The van der Waals surface area contributed by atoms with Crippen LogP contribution in [0.25, 0.3) is 0 Å². The molecule has 0 aromatic heterocycles. The number of nitrogens with one attached hydrogen (secondary N) is 1. The Bertz CT molecular complexity index is 1420. The number of halogens is 3. The Labute approximate surface area is 246 Å². The van der Waals surface area contributed by atoms with Gasteiger partial charge >= 0.3 is 6.09 Å². The second-order valence-corrected chi connectivity index (χ2v) is 11.9. The number of rotatable bonds is 6. The minimum atomic E-state index is -0.796. The van der Waals surface area contributed by atoms with E-state index in [0.29, 0.717) is 39.4 Å². The third-order valence-corrected chi connectivity index (χ3v) is 7.35. The molecule has 0 saturated carbocycles. The number of hydrogen-bond acceptors (Lipinski definition) is 5. The van der Waals surface area contributed by atoms with E-state index in [9.17, 15) is 9.59 Å². The van der Waals surface area contributed by atoms with Crippen LogP contribution in [0.3, 0.4) is 0 Å². The maximum Gasteiger partial charge on any atom is 0.415 e. The van der Waals surface area contributed by atoms with Gasteiger partial charge in [-0.2, -0.15) is 0 Å². The van der Waals surface area contributed by atoms with Crippen molar-refractivity contribution in [2.24, 2.45) is 0 Å². The van der Waals surface area contributed by atoms with Crippen LogP contribution in [0.5, 0.6) is 17.2 Å². The molecule has 3 aromatic carbocycles. The van der Waals surface area contributed by atoms with Crippen molar-refractivity contribution in [3.63, 3.8) is 0 Å². The van der Waals surface area contributed by atoms with Crippen molar-refractivity contribution in [2.75, 3.05) is 12.0 Å². The quantitative estimate of drug-likeness (QED) is 0.298. The van der Waals surface area contributed by atoms with Gasteiger partial charge in [0.15, 0.2) is 0 Å².